The number of hydrogen-bond donors (Lipinski definition) is 1. The molecule has 1 heterocycles. The van der Waals surface area contributed by atoms with Crippen LogP contribution < -0.4 is 5.32 Å². The van der Waals surface area contributed by atoms with Crippen LogP contribution in [0.3, 0.4) is 0 Å². The maximum Gasteiger partial charge on any atom is 0.270 e. The van der Waals surface area contributed by atoms with Crippen LogP contribution in [-0.2, 0) is 6.42 Å². The Hall–Kier alpha value is -3.44. The molecule has 0 amide bonds. The Labute approximate surface area is 153 Å². The van der Waals surface area contributed by atoms with Crippen molar-refractivity contribution in [1.82, 2.24) is 10.1 Å². The van der Waals surface area contributed by atoms with Crippen LogP contribution in [0.1, 0.15) is 11.5 Å². The van der Waals surface area contributed by atoms with E-state index in [0.717, 1.165) is 5.56 Å². The van der Waals surface area contributed by atoms with Gasteiger partial charge in [-0.2, -0.15) is 10.2 Å². The maximum absolute atomic E-state index is 10.8. The zero-order valence-electron chi connectivity index (χ0n) is 13.3. The molecular formula is C17H12ClN5O3. The first-order valence-corrected chi connectivity index (χ1v) is 7.95. The van der Waals surface area contributed by atoms with E-state index in [1.807, 2.05) is 6.07 Å². The normalized spacial score (nSPS) is 10.3. The van der Waals surface area contributed by atoms with Crippen molar-refractivity contribution in [3.63, 3.8) is 0 Å². The number of hydrogen-bond acceptors (Lipinski definition) is 7. The van der Waals surface area contributed by atoms with E-state index in [2.05, 4.69) is 15.5 Å². The van der Waals surface area contributed by atoms with Crippen molar-refractivity contribution in [3.8, 4) is 17.5 Å². The van der Waals surface area contributed by atoms with E-state index in [4.69, 9.17) is 21.4 Å². The molecule has 0 aliphatic carbocycles. The zero-order valence-corrected chi connectivity index (χ0v) is 14.1. The largest absolute Gasteiger partial charge is 0.383 e. The maximum atomic E-state index is 10.8. The number of nitrogens with zero attached hydrogens (tertiary/aromatic N) is 4. The van der Waals surface area contributed by atoms with Gasteiger partial charge < -0.3 is 9.84 Å². The molecule has 0 aliphatic rings. The highest BCUT2D eigenvalue weighted by atomic mass is 35.5. The Morgan fingerprint density at radius 3 is 2.73 bits per heavy atom. The van der Waals surface area contributed by atoms with Crippen LogP contribution in [0.15, 0.2) is 47.0 Å². The van der Waals surface area contributed by atoms with Gasteiger partial charge in [-0.25, -0.2) is 0 Å². The van der Waals surface area contributed by atoms with Crippen LogP contribution in [0, 0.1) is 21.4 Å². The van der Waals surface area contributed by atoms with Crippen LogP contribution in [0.25, 0.3) is 11.4 Å². The molecule has 1 aromatic heterocycles. The van der Waals surface area contributed by atoms with Crippen LogP contribution in [-0.4, -0.2) is 21.6 Å². The minimum Gasteiger partial charge on any atom is -0.383 e. The van der Waals surface area contributed by atoms with Crippen molar-refractivity contribution in [2.45, 2.75) is 6.42 Å². The molecule has 1 N–H and O–H groups in total. The van der Waals surface area contributed by atoms with Crippen molar-refractivity contribution in [2.75, 3.05) is 11.9 Å². The first-order chi connectivity index (χ1) is 12.6. The van der Waals surface area contributed by atoms with Crippen LogP contribution in [0.4, 0.5) is 11.4 Å². The molecule has 0 saturated carbocycles. The van der Waals surface area contributed by atoms with Crippen LogP contribution in [0.2, 0.25) is 5.02 Å². The number of halogens is 1. The minimum absolute atomic E-state index is 0.128. The number of rotatable bonds is 6. The Balaban J connectivity index is 1.63. The van der Waals surface area contributed by atoms with Gasteiger partial charge >= 0.3 is 0 Å². The van der Waals surface area contributed by atoms with E-state index in [-0.39, 0.29) is 11.3 Å². The third kappa shape index (κ3) is 3.96. The first kappa shape index (κ1) is 17.4. The topological polar surface area (TPSA) is 118 Å². The van der Waals surface area contributed by atoms with E-state index in [9.17, 15) is 10.1 Å². The van der Waals surface area contributed by atoms with Gasteiger partial charge in [-0.1, -0.05) is 16.8 Å². The van der Waals surface area contributed by atoms with Gasteiger partial charge in [-0.3, -0.25) is 10.1 Å². The molecule has 0 atom stereocenters. The summed E-state index contributed by atoms with van der Waals surface area (Å²) in [7, 11) is 0. The lowest BCUT2D eigenvalue weighted by atomic mass is 10.1. The Bertz CT molecular complexity index is 979. The molecule has 0 unspecified atom stereocenters. The van der Waals surface area contributed by atoms with Gasteiger partial charge in [0.25, 0.3) is 5.69 Å². The standard InChI is InChI=1S/C17H12ClN5O3/c18-13-3-1-11(2-4-13)17-21-16(26-22-17)7-8-20-15-6-5-14(23(24)25)9-12(15)10-19/h1-6,9,20H,7-8H2. The molecule has 26 heavy (non-hydrogen) atoms. The summed E-state index contributed by atoms with van der Waals surface area (Å²) in [4.78, 5) is 14.5. The summed E-state index contributed by atoms with van der Waals surface area (Å²) in [6, 6.07) is 13.1. The Morgan fingerprint density at radius 1 is 1.27 bits per heavy atom. The second kappa shape index (κ2) is 7.63. The summed E-state index contributed by atoms with van der Waals surface area (Å²) >= 11 is 5.85. The third-order valence-electron chi connectivity index (χ3n) is 3.56. The second-order valence-electron chi connectivity index (χ2n) is 5.29. The lowest BCUT2D eigenvalue weighted by Crippen LogP contribution is -2.06. The highest BCUT2D eigenvalue weighted by Gasteiger charge is 2.12. The van der Waals surface area contributed by atoms with E-state index < -0.39 is 4.92 Å². The molecule has 2 aromatic carbocycles. The van der Waals surface area contributed by atoms with E-state index in [1.54, 1.807) is 24.3 Å². The number of non-ortho nitro benzene ring substituents is 1. The van der Waals surface area contributed by atoms with Gasteiger partial charge in [0.2, 0.25) is 11.7 Å². The molecule has 9 heteroatoms. The predicted molar refractivity (Wildman–Crippen MR) is 94.7 cm³/mol. The molecule has 0 radical (unpaired) electrons. The number of nitrogens with one attached hydrogen (secondary N) is 1. The van der Waals surface area contributed by atoms with Gasteiger partial charge in [0.1, 0.15) is 6.07 Å². The van der Waals surface area contributed by atoms with Crippen molar-refractivity contribution in [2.24, 2.45) is 0 Å². The summed E-state index contributed by atoms with van der Waals surface area (Å²) < 4.78 is 5.21. The summed E-state index contributed by atoms with van der Waals surface area (Å²) in [5, 5.41) is 27.5. The molecular weight excluding hydrogens is 358 g/mol. The summed E-state index contributed by atoms with van der Waals surface area (Å²) in [6.45, 7) is 0.425. The quantitative estimate of drug-likeness (QED) is 0.518. The number of aromatic nitrogens is 2. The summed E-state index contributed by atoms with van der Waals surface area (Å²) in [5.41, 5.74) is 1.37. The summed E-state index contributed by atoms with van der Waals surface area (Å²) in [6.07, 6.45) is 0.433. The molecule has 0 fully saturated rings. The average Bonchev–Trinajstić information content (AvgIpc) is 3.11. The smallest absolute Gasteiger partial charge is 0.270 e. The van der Waals surface area contributed by atoms with Crippen molar-refractivity contribution >= 4 is 23.0 Å². The Kier molecular flexibility index (Phi) is 5.10. The molecule has 3 aromatic rings. The number of nitriles is 1. The first-order valence-electron chi connectivity index (χ1n) is 7.58. The van der Waals surface area contributed by atoms with E-state index in [1.165, 1.54) is 18.2 Å². The number of benzene rings is 2. The monoisotopic (exact) mass is 369 g/mol. The van der Waals surface area contributed by atoms with Crippen LogP contribution >= 0.6 is 11.6 Å². The number of nitro benzene ring substituents is 1. The van der Waals surface area contributed by atoms with Crippen LogP contribution in [0.5, 0.6) is 0 Å². The molecule has 0 aliphatic heterocycles. The molecule has 0 spiro atoms. The van der Waals surface area contributed by atoms with E-state index in [0.29, 0.717) is 35.4 Å². The molecule has 130 valence electrons. The second-order valence-corrected chi connectivity index (χ2v) is 5.73. The molecule has 0 saturated heterocycles. The predicted octanol–water partition coefficient (Wildman–Crippen LogP) is 3.82. The van der Waals surface area contributed by atoms with Crippen molar-refractivity contribution in [3.05, 3.63) is 69.1 Å². The fraction of sp³-hybridized carbons (Fsp3) is 0.118. The van der Waals surface area contributed by atoms with Crippen molar-refractivity contribution < 1.29 is 9.45 Å². The van der Waals surface area contributed by atoms with Gasteiger partial charge in [-0.15, -0.1) is 0 Å². The zero-order chi connectivity index (χ0) is 18.5. The van der Waals surface area contributed by atoms with Crippen molar-refractivity contribution in [1.29, 1.82) is 5.26 Å². The Morgan fingerprint density at radius 2 is 2.04 bits per heavy atom. The van der Waals surface area contributed by atoms with E-state index >= 15 is 0 Å². The number of nitro groups is 1. The highest BCUT2D eigenvalue weighted by Crippen LogP contribution is 2.22. The highest BCUT2D eigenvalue weighted by molar-refractivity contribution is 6.30. The van der Waals surface area contributed by atoms with Gasteiger partial charge in [0.15, 0.2) is 0 Å². The number of anilines is 1. The lowest BCUT2D eigenvalue weighted by molar-refractivity contribution is -0.384. The fourth-order valence-electron chi connectivity index (χ4n) is 2.27. The van der Waals surface area contributed by atoms with Gasteiger partial charge in [-0.05, 0) is 30.3 Å². The minimum atomic E-state index is -0.540. The van der Waals surface area contributed by atoms with Gasteiger partial charge in [0.05, 0.1) is 16.2 Å². The SMILES string of the molecule is N#Cc1cc([N+](=O)[O-])ccc1NCCc1nc(-c2ccc(Cl)cc2)no1. The third-order valence-corrected chi connectivity index (χ3v) is 3.81. The molecule has 8 nitrogen and oxygen atoms in total. The van der Waals surface area contributed by atoms with Gasteiger partial charge in [0, 0.05) is 35.7 Å². The fourth-order valence-corrected chi connectivity index (χ4v) is 2.40. The summed E-state index contributed by atoms with van der Waals surface area (Å²) in [5.74, 6) is 0.896. The molecule has 0 bridgehead atoms. The average molecular weight is 370 g/mol. The lowest BCUT2D eigenvalue weighted by Gasteiger charge is -2.06. The molecule has 3 rings (SSSR count).